The van der Waals surface area contributed by atoms with E-state index in [1.165, 1.54) is 250 Å². The zero-order valence-electron chi connectivity index (χ0n) is 54.9. The minimum atomic E-state index is -1.51. The van der Waals surface area contributed by atoms with E-state index in [2.05, 4.69) is 62.5 Å². The van der Waals surface area contributed by atoms with Gasteiger partial charge in [0.25, 0.3) is 6.29 Å². The number of quaternary nitrogens is 1. The van der Waals surface area contributed by atoms with Gasteiger partial charge in [-0.3, -0.25) is 9.59 Å². The molecule has 0 rings (SSSR count). The van der Waals surface area contributed by atoms with E-state index in [-0.39, 0.29) is 38.2 Å². The number of allylic oxidation sites excluding steroid dienone is 8. The third kappa shape index (κ3) is 64.8. The molecule has 0 aromatic carbocycles. The summed E-state index contributed by atoms with van der Waals surface area (Å²) in [5, 5.41) is 9.73. The Morgan fingerprint density at radius 3 is 1.04 bits per heavy atom. The number of hydrogen-bond acceptors (Lipinski definition) is 7. The third-order valence-corrected chi connectivity index (χ3v) is 15.8. The maximum absolute atomic E-state index is 12.9. The summed E-state index contributed by atoms with van der Waals surface area (Å²) < 4.78 is 23.0. The minimum Gasteiger partial charge on any atom is -0.477 e. The van der Waals surface area contributed by atoms with E-state index in [1.807, 2.05) is 21.1 Å². The van der Waals surface area contributed by atoms with Crippen molar-refractivity contribution in [3.8, 4) is 0 Å². The minimum absolute atomic E-state index is 0.175. The summed E-state index contributed by atoms with van der Waals surface area (Å²) in [5.41, 5.74) is 0. The standard InChI is InChI=1S/C73H135NO8/c1-6-8-10-12-14-16-18-20-22-24-26-27-28-29-30-31-32-33-34-35-36-37-38-39-40-41-42-43-44-45-46-48-50-52-54-56-58-60-62-64-71(76)82-69(68-81-73(72(77)78)79-66-65-74(3,4)5)67-80-70(75)63-61-59-57-55-53-51-49-47-25-23-21-19-17-15-13-11-9-7-2/h8,10,14,16,20,22,26-27,69,73H,6-7,9,11-13,15,17-19,21,23-25,28-68H2,1-5H3/p+1/b10-8-,16-14-,22-20-,27-26-. The number of likely N-dealkylation sites (N-methyl/N-ethyl adjacent to an activating group) is 1. The number of hydrogen-bond donors (Lipinski definition) is 1. The molecular formula is C73H136NO8+. The van der Waals surface area contributed by atoms with Crippen LogP contribution in [0.4, 0.5) is 0 Å². The fourth-order valence-corrected chi connectivity index (χ4v) is 10.5. The Kier molecular flexibility index (Phi) is 62.1. The number of ether oxygens (including phenoxy) is 4. The molecule has 1 N–H and O–H groups in total. The van der Waals surface area contributed by atoms with Crippen molar-refractivity contribution in [3.63, 3.8) is 0 Å². The summed E-state index contributed by atoms with van der Waals surface area (Å²) in [6, 6.07) is 0. The first-order valence-electron chi connectivity index (χ1n) is 35.3. The smallest absolute Gasteiger partial charge is 0.361 e. The van der Waals surface area contributed by atoms with Crippen molar-refractivity contribution in [2.45, 2.75) is 354 Å². The summed E-state index contributed by atoms with van der Waals surface area (Å²) in [5.74, 6) is -1.98. The first-order valence-corrected chi connectivity index (χ1v) is 35.3. The van der Waals surface area contributed by atoms with Gasteiger partial charge in [0.1, 0.15) is 13.2 Å². The highest BCUT2D eigenvalue weighted by atomic mass is 16.7. The number of aliphatic carboxylic acids is 1. The van der Waals surface area contributed by atoms with Crippen molar-refractivity contribution in [3.05, 3.63) is 48.6 Å². The Balaban J connectivity index is 3.95. The highest BCUT2D eigenvalue weighted by Gasteiger charge is 2.25. The van der Waals surface area contributed by atoms with Crippen LogP contribution < -0.4 is 0 Å². The molecule has 82 heavy (non-hydrogen) atoms. The number of nitrogens with zero attached hydrogens (tertiary/aromatic N) is 1. The van der Waals surface area contributed by atoms with E-state index in [4.69, 9.17) is 18.9 Å². The molecule has 0 aromatic heterocycles. The van der Waals surface area contributed by atoms with E-state index >= 15 is 0 Å². The molecule has 9 nitrogen and oxygen atoms in total. The molecule has 0 fully saturated rings. The second kappa shape index (κ2) is 64.3. The lowest BCUT2D eigenvalue weighted by atomic mass is 10.0. The summed E-state index contributed by atoms with van der Waals surface area (Å²) in [6.07, 6.45) is 79.6. The van der Waals surface area contributed by atoms with Crippen LogP contribution >= 0.6 is 0 Å². The van der Waals surface area contributed by atoms with Crippen LogP contribution in [0.1, 0.15) is 341 Å². The highest BCUT2D eigenvalue weighted by molar-refractivity contribution is 5.71. The fourth-order valence-electron chi connectivity index (χ4n) is 10.5. The second-order valence-electron chi connectivity index (χ2n) is 25.2. The van der Waals surface area contributed by atoms with Crippen molar-refractivity contribution >= 4 is 17.9 Å². The average molecular weight is 1160 g/mol. The van der Waals surface area contributed by atoms with Crippen LogP contribution in [0.5, 0.6) is 0 Å². The molecule has 480 valence electrons. The Morgan fingerprint density at radius 2 is 0.695 bits per heavy atom. The molecule has 9 heteroatoms. The van der Waals surface area contributed by atoms with Gasteiger partial charge in [0.15, 0.2) is 6.10 Å². The largest absolute Gasteiger partial charge is 0.477 e. The van der Waals surface area contributed by atoms with Crippen LogP contribution in [0.15, 0.2) is 48.6 Å². The van der Waals surface area contributed by atoms with Crippen LogP contribution in [0.3, 0.4) is 0 Å². The van der Waals surface area contributed by atoms with Crippen LogP contribution in [0.25, 0.3) is 0 Å². The zero-order chi connectivity index (χ0) is 59.8. The van der Waals surface area contributed by atoms with E-state index in [9.17, 15) is 19.5 Å². The number of unbranched alkanes of at least 4 members (excludes halogenated alkanes) is 43. The van der Waals surface area contributed by atoms with Gasteiger partial charge in [-0.25, -0.2) is 4.79 Å². The van der Waals surface area contributed by atoms with Gasteiger partial charge in [-0.05, 0) is 51.4 Å². The molecule has 0 aliphatic heterocycles. The molecule has 0 aliphatic carbocycles. The first kappa shape index (κ1) is 79.2. The molecule has 0 saturated heterocycles. The molecule has 0 amide bonds. The van der Waals surface area contributed by atoms with Gasteiger partial charge >= 0.3 is 17.9 Å². The second-order valence-corrected chi connectivity index (χ2v) is 25.2. The number of esters is 2. The Bertz CT molecular complexity index is 1480. The van der Waals surface area contributed by atoms with E-state index in [0.29, 0.717) is 17.4 Å². The zero-order valence-corrected chi connectivity index (χ0v) is 54.9. The maximum atomic E-state index is 12.9. The number of carbonyl (C=O) groups is 3. The highest BCUT2D eigenvalue weighted by Crippen LogP contribution is 2.19. The predicted molar refractivity (Wildman–Crippen MR) is 350 cm³/mol. The molecule has 0 aromatic rings. The number of carbonyl (C=O) groups excluding carboxylic acids is 2. The molecule has 0 radical (unpaired) electrons. The first-order chi connectivity index (χ1) is 40.1. The summed E-state index contributed by atoms with van der Waals surface area (Å²) in [6.45, 7) is 4.83. The Morgan fingerprint density at radius 1 is 0.378 bits per heavy atom. The van der Waals surface area contributed by atoms with Gasteiger partial charge < -0.3 is 28.5 Å². The van der Waals surface area contributed by atoms with Gasteiger partial charge in [-0.15, -0.1) is 0 Å². The van der Waals surface area contributed by atoms with Crippen LogP contribution in [0.2, 0.25) is 0 Å². The van der Waals surface area contributed by atoms with Gasteiger partial charge in [0.2, 0.25) is 0 Å². The average Bonchev–Trinajstić information content (AvgIpc) is 3.45. The van der Waals surface area contributed by atoms with Crippen molar-refractivity contribution < 1.29 is 42.9 Å². The van der Waals surface area contributed by atoms with E-state index in [1.54, 1.807) is 0 Å². The molecule has 0 aliphatic rings. The van der Waals surface area contributed by atoms with Gasteiger partial charge in [-0.2, -0.15) is 0 Å². The van der Waals surface area contributed by atoms with Gasteiger partial charge in [0.05, 0.1) is 34.4 Å². The van der Waals surface area contributed by atoms with Crippen molar-refractivity contribution in [1.29, 1.82) is 0 Å². The molecular weight excluding hydrogens is 1020 g/mol. The van der Waals surface area contributed by atoms with Crippen LogP contribution in [-0.2, 0) is 33.3 Å². The lowest BCUT2D eigenvalue weighted by Crippen LogP contribution is -2.40. The Labute approximate surface area is 508 Å². The normalized spacial score (nSPS) is 12.9. The van der Waals surface area contributed by atoms with Crippen molar-refractivity contribution in [1.82, 2.24) is 0 Å². The van der Waals surface area contributed by atoms with Crippen molar-refractivity contribution in [2.75, 3.05) is 47.5 Å². The number of carboxylic acid groups (broad SMARTS) is 1. The molecule has 0 bridgehead atoms. The van der Waals surface area contributed by atoms with E-state index in [0.717, 1.165) is 64.2 Å². The molecule has 2 unspecified atom stereocenters. The van der Waals surface area contributed by atoms with Crippen LogP contribution in [0, 0.1) is 0 Å². The number of carboxylic acids is 1. The molecule has 0 saturated carbocycles. The summed E-state index contributed by atoms with van der Waals surface area (Å²) in [7, 11) is 5.99. The Hall–Kier alpha value is -2.75. The molecule has 2 atom stereocenters. The van der Waals surface area contributed by atoms with Crippen LogP contribution in [-0.4, -0.2) is 87.4 Å². The summed E-state index contributed by atoms with van der Waals surface area (Å²) in [4.78, 5) is 37.6. The lowest BCUT2D eigenvalue weighted by molar-refractivity contribution is -0.870. The lowest BCUT2D eigenvalue weighted by Gasteiger charge is -2.25. The monoisotopic (exact) mass is 1160 g/mol. The topological polar surface area (TPSA) is 108 Å². The predicted octanol–water partition coefficient (Wildman–Crippen LogP) is 21.8. The quantitative estimate of drug-likeness (QED) is 0.0211. The van der Waals surface area contributed by atoms with Crippen molar-refractivity contribution in [2.24, 2.45) is 0 Å². The van der Waals surface area contributed by atoms with E-state index < -0.39 is 18.4 Å². The summed E-state index contributed by atoms with van der Waals surface area (Å²) >= 11 is 0. The molecule has 0 heterocycles. The fraction of sp³-hybridized carbons (Fsp3) is 0.849. The number of rotatable bonds is 66. The van der Waals surface area contributed by atoms with Gasteiger partial charge in [0, 0.05) is 12.8 Å². The molecule has 0 spiro atoms. The van der Waals surface area contributed by atoms with Gasteiger partial charge in [-0.1, -0.05) is 326 Å². The third-order valence-electron chi connectivity index (χ3n) is 15.8. The SMILES string of the molecule is CC/C=C\C/C=C\C/C=C\C/C=C\CCCCCCCCCCCCCCCCCCCCCCCCCCCCC(=O)OC(COC(=O)CCCCCCCCCCCCCCCCCCCC)COC(OCC[N+](C)(C)C)C(=O)O. The maximum Gasteiger partial charge on any atom is 0.361 e.